The van der Waals surface area contributed by atoms with Crippen molar-refractivity contribution >= 4 is 12.2 Å². The van der Waals surface area contributed by atoms with Crippen molar-refractivity contribution in [3.8, 4) is 0 Å². The van der Waals surface area contributed by atoms with Gasteiger partial charge in [-0.05, 0) is 18.4 Å². The van der Waals surface area contributed by atoms with Crippen LogP contribution in [0.1, 0.15) is 37.3 Å². The summed E-state index contributed by atoms with van der Waals surface area (Å²) in [4.78, 5) is 23.0. The number of nitrogens with one attached hydrogen (secondary N) is 1. The Morgan fingerprint density at radius 1 is 1.24 bits per heavy atom. The van der Waals surface area contributed by atoms with Crippen molar-refractivity contribution in [2.75, 3.05) is 0 Å². The second-order valence-electron chi connectivity index (χ2n) is 4.51. The maximum Gasteiger partial charge on any atom is 0.223 e. The molecule has 1 atom stereocenters. The van der Waals surface area contributed by atoms with Gasteiger partial charge in [-0.15, -0.1) is 0 Å². The van der Waals surface area contributed by atoms with Crippen LogP contribution < -0.4 is 5.32 Å². The van der Waals surface area contributed by atoms with Crippen molar-refractivity contribution in [1.29, 1.82) is 0 Å². The Hall–Kier alpha value is -1.64. The SMILES string of the molecule is O=C[C@H](NC(=O)C1CCCC1)c1ccccc1. The van der Waals surface area contributed by atoms with E-state index in [-0.39, 0.29) is 11.8 Å². The van der Waals surface area contributed by atoms with Crippen LogP contribution in [0.25, 0.3) is 0 Å². The van der Waals surface area contributed by atoms with Gasteiger partial charge in [-0.3, -0.25) is 4.79 Å². The third-order valence-corrected chi connectivity index (χ3v) is 3.32. The van der Waals surface area contributed by atoms with Gasteiger partial charge in [0.1, 0.15) is 12.3 Å². The van der Waals surface area contributed by atoms with E-state index in [9.17, 15) is 9.59 Å². The fourth-order valence-electron chi connectivity index (χ4n) is 2.32. The average molecular weight is 231 g/mol. The van der Waals surface area contributed by atoms with Gasteiger partial charge in [0.15, 0.2) is 0 Å². The summed E-state index contributed by atoms with van der Waals surface area (Å²) in [5, 5.41) is 2.82. The third-order valence-electron chi connectivity index (χ3n) is 3.32. The molecular formula is C14H17NO2. The maximum absolute atomic E-state index is 11.9. The molecule has 1 aliphatic rings. The molecule has 2 rings (SSSR count). The Bertz CT molecular complexity index is 382. The van der Waals surface area contributed by atoms with Gasteiger partial charge < -0.3 is 10.1 Å². The number of benzene rings is 1. The lowest BCUT2D eigenvalue weighted by Gasteiger charge is -2.16. The van der Waals surface area contributed by atoms with Crippen LogP contribution >= 0.6 is 0 Å². The highest BCUT2D eigenvalue weighted by Gasteiger charge is 2.24. The van der Waals surface area contributed by atoms with E-state index in [1.807, 2.05) is 30.3 Å². The van der Waals surface area contributed by atoms with E-state index in [1.54, 1.807) is 0 Å². The molecule has 0 aliphatic heterocycles. The average Bonchev–Trinajstić information content (AvgIpc) is 2.90. The molecular weight excluding hydrogens is 214 g/mol. The first-order valence-corrected chi connectivity index (χ1v) is 6.12. The molecule has 0 heterocycles. The fraction of sp³-hybridized carbons (Fsp3) is 0.429. The zero-order valence-electron chi connectivity index (χ0n) is 9.76. The van der Waals surface area contributed by atoms with Crippen LogP contribution in [0.15, 0.2) is 30.3 Å². The molecule has 1 saturated carbocycles. The summed E-state index contributed by atoms with van der Waals surface area (Å²) in [6.45, 7) is 0. The largest absolute Gasteiger partial charge is 0.342 e. The molecule has 1 fully saturated rings. The van der Waals surface area contributed by atoms with Crippen molar-refractivity contribution in [2.45, 2.75) is 31.7 Å². The van der Waals surface area contributed by atoms with Crippen LogP contribution in [-0.4, -0.2) is 12.2 Å². The number of rotatable bonds is 4. The summed E-state index contributed by atoms with van der Waals surface area (Å²) in [6.07, 6.45) is 4.94. The molecule has 1 aromatic carbocycles. The van der Waals surface area contributed by atoms with Crippen molar-refractivity contribution in [1.82, 2.24) is 5.32 Å². The lowest BCUT2D eigenvalue weighted by atomic mass is 10.0. The zero-order valence-corrected chi connectivity index (χ0v) is 9.76. The van der Waals surface area contributed by atoms with Gasteiger partial charge in [0.2, 0.25) is 5.91 Å². The van der Waals surface area contributed by atoms with E-state index in [1.165, 1.54) is 0 Å². The molecule has 3 heteroatoms. The molecule has 1 N–H and O–H groups in total. The molecule has 1 aromatic rings. The Kier molecular flexibility index (Phi) is 3.91. The number of carbonyl (C=O) groups excluding carboxylic acids is 2. The first-order chi connectivity index (χ1) is 8.31. The van der Waals surface area contributed by atoms with Crippen LogP contribution in [0, 0.1) is 5.92 Å². The maximum atomic E-state index is 11.9. The number of hydrogen-bond acceptors (Lipinski definition) is 2. The summed E-state index contributed by atoms with van der Waals surface area (Å²) in [6, 6.07) is 8.83. The molecule has 1 amide bonds. The van der Waals surface area contributed by atoms with Gasteiger partial charge in [0, 0.05) is 5.92 Å². The predicted octanol–water partition coefficient (Wildman–Crippen LogP) is 2.23. The van der Waals surface area contributed by atoms with Crippen molar-refractivity contribution in [2.24, 2.45) is 5.92 Å². The van der Waals surface area contributed by atoms with E-state index in [2.05, 4.69) is 5.32 Å². The molecule has 0 unspecified atom stereocenters. The molecule has 0 saturated heterocycles. The molecule has 0 radical (unpaired) electrons. The Morgan fingerprint density at radius 2 is 1.88 bits per heavy atom. The topological polar surface area (TPSA) is 46.2 Å². The zero-order chi connectivity index (χ0) is 12.1. The minimum absolute atomic E-state index is 0.0171. The van der Waals surface area contributed by atoms with Crippen LogP contribution in [0.4, 0.5) is 0 Å². The summed E-state index contributed by atoms with van der Waals surface area (Å²) >= 11 is 0. The molecule has 0 aromatic heterocycles. The van der Waals surface area contributed by atoms with Gasteiger partial charge in [0.25, 0.3) is 0 Å². The number of amides is 1. The third kappa shape index (κ3) is 2.93. The first kappa shape index (κ1) is 11.8. The van der Waals surface area contributed by atoms with Gasteiger partial charge >= 0.3 is 0 Å². The van der Waals surface area contributed by atoms with Crippen LogP contribution in [-0.2, 0) is 9.59 Å². The Morgan fingerprint density at radius 3 is 2.47 bits per heavy atom. The lowest BCUT2D eigenvalue weighted by Crippen LogP contribution is -2.33. The predicted molar refractivity (Wildman–Crippen MR) is 65.3 cm³/mol. The number of carbonyl (C=O) groups is 2. The summed E-state index contributed by atoms with van der Waals surface area (Å²) in [7, 11) is 0. The van der Waals surface area contributed by atoms with E-state index in [0.29, 0.717) is 0 Å². The highest BCUT2D eigenvalue weighted by Crippen LogP contribution is 2.25. The second kappa shape index (κ2) is 5.62. The van der Waals surface area contributed by atoms with Crippen LogP contribution in [0.2, 0.25) is 0 Å². The second-order valence-corrected chi connectivity index (χ2v) is 4.51. The highest BCUT2D eigenvalue weighted by atomic mass is 16.2. The van der Waals surface area contributed by atoms with Gasteiger partial charge in [-0.25, -0.2) is 0 Å². The van der Waals surface area contributed by atoms with E-state index in [4.69, 9.17) is 0 Å². The van der Waals surface area contributed by atoms with Gasteiger partial charge in [-0.2, -0.15) is 0 Å². The minimum atomic E-state index is -0.510. The van der Waals surface area contributed by atoms with Crippen molar-refractivity contribution in [3.05, 3.63) is 35.9 Å². The monoisotopic (exact) mass is 231 g/mol. The lowest BCUT2D eigenvalue weighted by molar-refractivity contribution is -0.127. The van der Waals surface area contributed by atoms with Crippen molar-refractivity contribution in [3.63, 3.8) is 0 Å². The molecule has 3 nitrogen and oxygen atoms in total. The molecule has 1 aliphatic carbocycles. The van der Waals surface area contributed by atoms with Crippen LogP contribution in [0.5, 0.6) is 0 Å². The smallest absolute Gasteiger partial charge is 0.223 e. The number of hydrogen-bond donors (Lipinski definition) is 1. The van der Waals surface area contributed by atoms with Crippen molar-refractivity contribution < 1.29 is 9.59 Å². The first-order valence-electron chi connectivity index (χ1n) is 6.12. The van der Waals surface area contributed by atoms with Gasteiger partial charge in [-0.1, -0.05) is 43.2 Å². The molecule has 17 heavy (non-hydrogen) atoms. The van der Waals surface area contributed by atoms with Crippen LogP contribution in [0.3, 0.4) is 0 Å². The Balaban J connectivity index is 2.00. The van der Waals surface area contributed by atoms with Gasteiger partial charge in [0.05, 0.1) is 0 Å². The molecule has 90 valence electrons. The van der Waals surface area contributed by atoms with E-state index in [0.717, 1.165) is 37.5 Å². The standard InChI is InChI=1S/C14H17NO2/c16-10-13(11-6-2-1-3-7-11)15-14(17)12-8-4-5-9-12/h1-3,6-7,10,12-13H,4-5,8-9H2,(H,15,17)/t13-/m0/s1. The quantitative estimate of drug-likeness (QED) is 0.808. The van der Waals surface area contributed by atoms with E-state index < -0.39 is 6.04 Å². The molecule has 0 spiro atoms. The summed E-state index contributed by atoms with van der Waals surface area (Å²) in [5.41, 5.74) is 0.842. The number of aldehydes is 1. The highest BCUT2D eigenvalue weighted by molar-refractivity contribution is 5.82. The summed E-state index contributed by atoms with van der Waals surface area (Å²) < 4.78 is 0. The minimum Gasteiger partial charge on any atom is -0.342 e. The Labute approximate surface area is 101 Å². The normalized spacial score (nSPS) is 17.6. The summed E-state index contributed by atoms with van der Waals surface area (Å²) in [5.74, 6) is 0.115. The molecule has 0 bridgehead atoms. The fourth-order valence-corrected chi connectivity index (χ4v) is 2.32. The van der Waals surface area contributed by atoms with E-state index >= 15 is 0 Å².